The molecule has 0 aliphatic carbocycles. The number of rotatable bonds is 5. The van der Waals surface area contributed by atoms with E-state index in [1.54, 1.807) is 24.0 Å². The van der Waals surface area contributed by atoms with Crippen LogP contribution in [0.15, 0.2) is 70.7 Å². The lowest BCUT2D eigenvalue weighted by molar-refractivity contribution is 0.0594. The van der Waals surface area contributed by atoms with E-state index in [4.69, 9.17) is 21.4 Å². The number of methoxy groups -OCH3 is 1. The lowest BCUT2D eigenvalue weighted by atomic mass is 10.1. The highest BCUT2D eigenvalue weighted by Gasteiger charge is 2.14. The first-order valence-corrected chi connectivity index (χ1v) is 10.3. The van der Waals surface area contributed by atoms with Gasteiger partial charge in [0.2, 0.25) is 0 Å². The van der Waals surface area contributed by atoms with Crippen molar-refractivity contribution in [2.24, 2.45) is 0 Å². The number of aromatic nitrogens is 3. The molecule has 0 saturated carbocycles. The number of pyridine rings is 1. The molecule has 2 aromatic heterocycles. The average molecular weight is 424 g/mol. The number of ether oxygens (including phenoxy) is 1. The first-order valence-electron chi connectivity index (χ1n) is 9.06. The zero-order chi connectivity index (χ0) is 20.4. The van der Waals surface area contributed by atoms with Crippen molar-refractivity contribution in [3.05, 3.63) is 71.6 Å². The molecule has 7 heteroatoms. The molecule has 2 heterocycles. The van der Waals surface area contributed by atoms with Gasteiger partial charge in [-0.1, -0.05) is 35.5 Å². The van der Waals surface area contributed by atoms with Gasteiger partial charge in [-0.3, -0.25) is 4.68 Å². The van der Waals surface area contributed by atoms with Crippen LogP contribution in [0.2, 0.25) is 5.02 Å². The number of fused-ring (bicyclic) bond motifs is 1. The maximum atomic E-state index is 11.7. The van der Waals surface area contributed by atoms with E-state index < -0.39 is 5.97 Å². The first-order chi connectivity index (χ1) is 14.1. The molecule has 0 N–H and O–H groups in total. The van der Waals surface area contributed by atoms with Gasteiger partial charge in [-0.25, -0.2) is 9.78 Å². The van der Waals surface area contributed by atoms with E-state index in [2.05, 4.69) is 18.1 Å². The number of hydrogen-bond donors (Lipinski definition) is 0. The predicted octanol–water partition coefficient (Wildman–Crippen LogP) is 5.71. The number of halogens is 1. The van der Waals surface area contributed by atoms with E-state index >= 15 is 0 Å². The monoisotopic (exact) mass is 423 g/mol. The molecule has 0 fully saturated rings. The zero-order valence-corrected chi connectivity index (χ0v) is 17.5. The van der Waals surface area contributed by atoms with Crippen molar-refractivity contribution >= 4 is 40.1 Å². The summed E-state index contributed by atoms with van der Waals surface area (Å²) in [7, 11) is 1.35. The molecule has 0 aliphatic rings. The zero-order valence-electron chi connectivity index (χ0n) is 15.9. The van der Waals surface area contributed by atoms with Gasteiger partial charge >= 0.3 is 5.97 Å². The number of carbonyl (C=O) groups excluding carboxylic acids is 1. The number of hydrogen-bond acceptors (Lipinski definition) is 5. The van der Waals surface area contributed by atoms with Gasteiger partial charge in [-0.2, -0.15) is 5.10 Å². The van der Waals surface area contributed by atoms with E-state index in [0.717, 1.165) is 38.4 Å². The molecule has 29 heavy (non-hydrogen) atoms. The van der Waals surface area contributed by atoms with Crippen molar-refractivity contribution in [2.75, 3.05) is 7.11 Å². The SMILES string of the molecule is CCn1cc(Sc2ccc(Cl)cc2)c(-c2ccc3cc(C(=O)OC)ncc3c2)n1. The summed E-state index contributed by atoms with van der Waals surface area (Å²) in [6.45, 7) is 2.85. The maximum absolute atomic E-state index is 11.7. The minimum Gasteiger partial charge on any atom is -0.464 e. The molecule has 4 aromatic rings. The molecule has 0 unspecified atom stereocenters. The Labute approximate surface area is 177 Å². The Kier molecular flexibility index (Phi) is 5.56. The summed E-state index contributed by atoms with van der Waals surface area (Å²) >= 11 is 7.65. The lowest BCUT2D eigenvalue weighted by Crippen LogP contribution is -2.03. The molecule has 146 valence electrons. The standard InChI is InChI=1S/C22H18ClN3O2S/c1-3-26-13-20(29-18-8-6-17(23)7-9-18)21(25-26)15-5-4-14-11-19(22(27)28-2)24-12-16(14)10-15/h4-13H,3H2,1-2H3. The fourth-order valence-corrected chi connectivity index (χ4v) is 4.06. The van der Waals surface area contributed by atoms with Crippen molar-refractivity contribution < 1.29 is 9.53 Å². The van der Waals surface area contributed by atoms with Crippen LogP contribution in [-0.4, -0.2) is 27.8 Å². The van der Waals surface area contributed by atoms with E-state index in [9.17, 15) is 4.79 Å². The van der Waals surface area contributed by atoms with Gasteiger partial charge in [0.05, 0.1) is 12.0 Å². The van der Waals surface area contributed by atoms with Crippen LogP contribution in [0.3, 0.4) is 0 Å². The Morgan fingerprint density at radius 1 is 1.14 bits per heavy atom. The largest absolute Gasteiger partial charge is 0.464 e. The van der Waals surface area contributed by atoms with Crippen LogP contribution in [0.5, 0.6) is 0 Å². The molecule has 4 rings (SSSR count). The summed E-state index contributed by atoms with van der Waals surface area (Å²) in [5, 5.41) is 7.32. The average Bonchev–Trinajstić information content (AvgIpc) is 3.17. The third kappa shape index (κ3) is 4.13. The molecular weight excluding hydrogens is 406 g/mol. The van der Waals surface area contributed by atoms with Gasteiger partial charge in [0.15, 0.2) is 0 Å². The van der Waals surface area contributed by atoms with Crippen molar-refractivity contribution in [3.63, 3.8) is 0 Å². The van der Waals surface area contributed by atoms with Crippen LogP contribution in [0.4, 0.5) is 0 Å². The maximum Gasteiger partial charge on any atom is 0.356 e. The smallest absolute Gasteiger partial charge is 0.356 e. The Morgan fingerprint density at radius 3 is 2.66 bits per heavy atom. The number of carbonyl (C=O) groups is 1. The van der Waals surface area contributed by atoms with Gasteiger partial charge in [0, 0.05) is 39.8 Å². The highest BCUT2D eigenvalue weighted by molar-refractivity contribution is 7.99. The molecule has 2 aromatic carbocycles. The van der Waals surface area contributed by atoms with Crippen molar-refractivity contribution in [3.8, 4) is 11.3 Å². The second-order valence-corrected chi connectivity index (χ2v) is 7.93. The lowest BCUT2D eigenvalue weighted by Gasteiger charge is -2.06. The second kappa shape index (κ2) is 8.27. The molecule has 0 amide bonds. The summed E-state index contributed by atoms with van der Waals surface area (Å²) < 4.78 is 6.67. The number of esters is 1. The molecule has 5 nitrogen and oxygen atoms in total. The van der Waals surface area contributed by atoms with E-state index in [-0.39, 0.29) is 0 Å². The van der Waals surface area contributed by atoms with E-state index in [1.807, 2.05) is 47.1 Å². The quantitative estimate of drug-likeness (QED) is 0.385. The summed E-state index contributed by atoms with van der Waals surface area (Å²) in [6.07, 6.45) is 3.74. The summed E-state index contributed by atoms with van der Waals surface area (Å²) in [6, 6.07) is 15.5. The van der Waals surface area contributed by atoms with Gasteiger partial charge in [0.1, 0.15) is 11.4 Å². The van der Waals surface area contributed by atoms with Crippen molar-refractivity contribution in [1.29, 1.82) is 0 Å². The normalized spacial score (nSPS) is 11.0. The van der Waals surface area contributed by atoms with Gasteiger partial charge in [0.25, 0.3) is 0 Å². The predicted molar refractivity (Wildman–Crippen MR) is 116 cm³/mol. The second-order valence-electron chi connectivity index (χ2n) is 6.38. The highest BCUT2D eigenvalue weighted by Crippen LogP contribution is 2.36. The van der Waals surface area contributed by atoms with Crippen LogP contribution < -0.4 is 0 Å². The topological polar surface area (TPSA) is 57.0 Å². The fourth-order valence-electron chi connectivity index (χ4n) is 2.97. The third-order valence-electron chi connectivity index (χ3n) is 4.48. The van der Waals surface area contributed by atoms with Crippen molar-refractivity contribution in [2.45, 2.75) is 23.3 Å². The molecule has 0 atom stereocenters. The number of nitrogens with zero attached hydrogens (tertiary/aromatic N) is 3. The minimum absolute atomic E-state index is 0.294. The molecule has 0 saturated heterocycles. The molecule has 0 spiro atoms. The highest BCUT2D eigenvalue weighted by atomic mass is 35.5. The molecule has 0 radical (unpaired) electrons. The summed E-state index contributed by atoms with van der Waals surface area (Å²) in [5.74, 6) is -0.445. The fraction of sp³-hybridized carbons (Fsp3) is 0.136. The Morgan fingerprint density at radius 2 is 1.93 bits per heavy atom. The summed E-state index contributed by atoms with van der Waals surface area (Å²) in [5.41, 5.74) is 2.20. The van der Waals surface area contributed by atoms with E-state index in [1.165, 1.54) is 7.11 Å². The van der Waals surface area contributed by atoms with Crippen molar-refractivity contribution in [1.82, 2.24) is 14.8 Å². The van der Waals surface area contributed by atoms with E-state index in [0.29, 0.717) is 10.7 Å². The number of benzene rings is 2. The Hall–Kier alpha value is -2.83. The van der Waals surface area contributed by atoms with Gasteiger partial charge < -0.3 is 4.74 Å². The third-order valence-corrected chi connectivity index (χ3v) is 5.76. The Balaban J connectivity index is 1.73. The molecule has 0 bridgehead atoms. The van der Waals surface area contributed by atoms with Gasteiger partial charge in [-0.05, 0) is 48.7 Å². The minimum atomic E-state index is -0.445. The van der Waals surface area contributed by atoms with Crippen LogP contribution in [0.25, 0.3) is 22.0 Å². The molecular formula is C22H18ClN3O2S. The van der Waals surface area contributed by atoms with Crippen LogP contribution in [0, 0.1) is 0 Å². The van der Waals surface area contributed by atoms with Crippen LogP contribution in [-0.2, 0) is 11.3 Å². The van der Waals surface area contributed by atoms with Gasteiger partial charge in [-0.15, -0.1) is 0 Å². The Bertz CT molecular complexity index is 1190. The summed E-state index contributed by atoms with van der Waals surface area (Å²) in [4.78, 5) is 18.1. The molecule has 0 aliphatic heterocycles. The number of aryl methyl sites for hydroxylation is 1. The van der Waals surface area contributed by atoms with Crippen LogP contribution in [0.1, 0.15) is 17.4 Å². The van der Waals surface area contributed by atoms with Crippen LogP contribution >= 0.6 is 23.4 Å². The first kappa shape index (κ1) is 19.5.